The largest absolute Gasteiger partial charge is 0.467 e. The van der Waals surface area contributed by atoms with Crippen LogP contribution < -0.4 is 10.6 Å². The lowest BCUT2D eigenvalue weighted by Crippen LogP contribution is -2.49. The molecule has 154 valence electrons. The predicted octanol–water partition coefficient (Wildman–Crippen LogP) is 2.01. The van der Waals surface area contributed by atoms with Gasteiger partial charge in [-0.2, -0.15) is 0 Å². The number of aliphatic hydroxyl groups excluding tert-OH is 1. The number of furan rings is 1. The van der Waals surface area contributed by atoms with Crippen molar-refractivity contribution in [2.75, 3.05) is 45.9 Å². The summed E-state index contributed by atoms with van der Waals surface area (Å²) in [5, 5.41) is 16.7. The molecule has 0 radical (unpaired) electrons. The molecule has 0 amide bonds. The molecule has 2 atom stereocenters. The Morgan fingerprint density at radius 1 is 1.22 bits per heavy atom. The minimum absolute atomic E-state index is 0.354. The number of hydrogen-bond donors (Lipinski definition) is 3. The van der Waals surface area contributed by atoms with Crippen LogP contribution in [-0.2, 0) is 4.74 Å². The fourth-order valence-electron chi connectivity index (χ4n) is 3.61. The van der Waals surface area contributed by atoms with Crippen molar-refractivity contribution >= 4 is 5.96 Å². The van der Waals surface area contributed by atoms with Crippen molar-refractivity contribution in [3.05, 3.63) is 24.2 Å². The van der Waals surface area contributed by atoms with Crippen LogP contribution in [-0.4, -0.2) is 67.9 Å². The van der Waals surface area contributed by atoms with Gasteiger partial charge in [-0.25, -0.2) is 0 Å². The number of nitrogens with one attached hydrogen (secondary N) is 2. The van der Waals surface area contributed by atoms with Crippen LogP contribution in [0.15, 0.2) is 27.8 Å². The zero-order chi connectivity index (χ0) is 19.5. The fourth-order valence-corrected chi connectivity index (χ4v) is 3.61. The predicted molar refractivity (Wildman–Crippen MR) is 108 cm³/mol. The van der Waals surface area contributed by atoms with Gasteiger partial charge in [0, 0.05) is 25.7 Å². The lowest BCUT2D eigenvalue weighted by molar-refractivity contribution is 0.00394. The summed E-state index contributed by atoms with van der Waals surface area (Å²) in [6.45, 7) is 12.0. The average Bonchev–Trinajstić information content (AvgIpc) is 3.24. The van der Waals surface area contributed by atoms with E-state index < -0.39 is 6.10 Å². The molecule has 1 aromatic heterocycles. The lowest BCUT2D eigenvalue weighted by Gasteiger charge is -2.38. The monoisotopic (exact) mass is 380 g/mol. The van der Waals surface area contributed by atoms with Crippen molar-refractivity contribution in [2.45, 2.75) is 45.8 Å². The highest BCUT2D eigenvalue weighted by Crippen LogP contribution is 2.20. The highest BCUT2D eigenvalue weighted by Gasteiger charge is 2.26. The van der Waals surface area contributed by atoms with E-state index in [1.807, 2.05) is 6.92 Å². The number of ether oxygens (including phenoxy) is 1. The third-order valence-electron chi connectivity index (χ3n) is 5.22. The first-order valence-electron chi connectivity index (χ1n) is 10.2. The zero-order valence-corrected chi connectivity index (χ0v) is 17.0. The number of rotatable bonds is 10. The standard InChI is InChI=1S/C20H36N4O3/c1-4-16(5-2)17(24-9-12-26-13-10-24)14-22-20(21-6-3)23-15-18(25)19-8-7-11-27-19/h7-8,11,16-18,25H,4-6,9-10,12-15H2,1-3H3,(H2,21,22,23). The molecule has 1 fully saturated rings. The van der Waals surface area contributed by atoms with Crippen LogP contribution in [0, 0.1) is 5.92 Å². The van der Waals surface area contributed by atoms with E-state index in [4.69, 9.17) is 14.1 Å². The van der Waals surface area contributed by atoms with Gasteiger partial charge >= 0.3 is 0 Å². The Hall–Kier alpha value is -1.57. The number of guanidine groups is 1. The molecule has 0 bridgehead atoms. The number of nitrogens with zero attached hydrogens (tertiary/aromatic N) is 2. The first kappa shape index (κ1) is 21.7. The molecule has 2 heterocycles. The molecule has 3 N–H and O–H groups in total. The van der Waals surface area contributed by atoms with Crippen LogP contribution >= 0.6 is 0 Å². The molecular formula is C20H36N4O3. The number of morpholine rings is 1. The summed E-state index contributed by atoms with van der Waals surface area (Å²) in [5.41, 5.74) is 0. The average molecular weight is 381 g/mol. The van der Waals surface area contributed by atoms with Crippen LogP contribution in [0.2, 0.25) is 0 Å². The Kier molecular flexibility index (Phi) is 9.66. The summed E-state index contributed by atoms with van der Waals surface area (Å²) >= 11 is 0. The van der Waals surface area contributed by atoms with E-state index in [0.29, 0.717) is 24.3 Å². The van der Waals surface area contributed by atoms with Gasteiger partial charge in [-0.3, -0.25) is 9.89 Å². The molecule has 2 rings (SSSR count). The molecule has 1 saturated heterocycles. The van der Waals surface area contributed by atoms with E-state index in [2.05, 4.69) is 29.4 Å². The van der Waals surface area contributed by atoms with Gasteiger partial charge in [-0.15, -0.1) is 0 Å². The first-order valence-corrected chi connectivity index (χ1v) is 10.2. The van der Waals surface area contributed by atoms with Crippen molar-refractivity contribution < 1.29 is 14.3 Å². The number of hydrogen-bond acceptors (Lipinski definition) is 5. The zero-order valence-electron chi connectivity index (χ0n) is 17.0. The topological polar surface area (TPSA) is 82.3 Å². The van der Waals surface area contributed by atoms with E-state index in [-0.39, 0.29) is 0 Å². The van der Waals surface area contributed by atoms with Crippen LogP contribution in [0.4, 0.5) is 0 Å². The van der Waals surface area contributed by atoms with Gasteiger partial charge in [-0.1, -0.05) is 26.7 Å². The molecule has 0 saturated carbocycles. The highest BCUT2D eigenvalue weighted by atomic mass is 16.5. The van der Waals surface area contributed by atoms with Gasteiger partial charge in [0.05, 0.1) is 32.6 Å². The normalized spacial score (nSPS) is 18.5. The van der Waals surface area contributed by atoms with Gasteiger partial charge in [0.15, 0.2) is 5.96 Å². The maximum Gasteiger partial charge on any atom is 0.191 e. The lowest BCUT2D eigenvalue weighted by atomic mass is 9.92. The minimum atomic E-state index is -0.696. The summed E-state index contributed by atoms with van der Waals surface area (Å²) in [5.74, 6) is 1.90. The molecule has 0 aliphatic carbocycles. The molecule has 2 unspecified atom stereocenters. The molecular weight excluding hydrogens is 344 g/mol. The van der Waals surface area contributed by atoms with Gasteiger partial charge in [0.1, 0.15) is 11.9 Å². The molecule has 1 aliphatic heterocycles. The molecule has 0 spiro atoms. The molecule has 1 aromatic rings. The maximum absolute atomic E-state index is 10.2. The van der Waals surface area contributed by atoms with Crippen molar-refractivity contribution in [1.29, 1.82) is 0 Å². The summed E-state index contributed by atoms with van der Waals surface area (Å²) < 4.78 is 10.8. The quantitative estimate of drug-likeness (QED) is 0.425. The second-order valence-electron chi connectivity index (χ2n) is 6.92. The number of aliphatic imine (C=N–C) groups is 1. The Labute approximate surface area is 163 Å². The van der Waals surface area contributed by atoms with E-state index in [0.717, 1.165) is 58.2 Å². The van der Waals surface area contributed by atoms with E-state index in [1.165, 1.54) is 0 Å². The fraction of sp³-hybridized carbons (Fsp3) is 0.750. The Morgan fingerprint density at radius 2 is 1.96 bits per heavy atom. The van der Waals surface area contributed by atoms with Crippen LogP contribution in [0.3, 0.4) is 0 Å². The third-order valence-corrected chi connectivity index (χ3v) is 5.22. The van der Waals surface area contributed by atoms with Crippen molar-refractivity contribution in [1.82, 2.24) is 15.5 Å². The SMILES string of the molecule is CCNC(=NCC(C(CC)CC)N1CCOCC1)NCC(O)c1ccco1. The van der Waals surface area contributed by atoms with Gasteiger partial charge in [-0.05, 0) is 25.0 Å². The van der Waals surface area contributed by atoms with Crippen molar-refractivity contribution in [3.63, 3.8) is 0 Å². The number of aliphatic hydroxyl groups is 1. The third kappa shape index (κ3) is 6.83. The molecule has 1 aliphatic rings. The van der Waals surface area contributed by atoms with Gasteiger partial charge in [0.25, 0.3) is 0 Å². The molecule has 7 heteroatoms. The van der Waals surface area contributed by atoms with Gasteiger partial charge < -0.3 is 24.9 Å². The Bertz CT molecular complexity index is 525. The second kappa shape index (κ2) is 12.0. The summed E-state index contributed by atoms with van der Waals surface area (Å²) in [6, 6.07) is 3.97. The summed E-state index contributed by atoms with van der Waals surface area (Å²) in [6.07, 6.45) is 3.17. The molecule has 7 nitrogen and oxygen atoms in total. The molecule has 0 aromatic carbocycles. The van der Waals surface area contributed by atoms with Crippen molar-refractivity contribution in [3.8, 4) is 0 Å². The van der Waals surface area contributed by atoms with E-state index in [1.54, 1.807) is 18.4 Å². The maximum atomic E-state index is 10.2. The van der Waals surface area contributed by atoms with E-state index >= 15 is 0 Å². The summed E-state index contributed by atoms with van der Waals surface area (Å²) in [7, 11) is 0. The summed E-state index contributed by atoms with van der Waals surface area (Å²) in [4.78, 5) is 7.35. The minimum Gasteiger partial charge on any atom is -0.467 e. The van der Waals surface area contributed by atoms with Gasteiger partial charge in [0.2, 0.25) is 0 Å². The highest BCUT2D eigenvalue weighted by molar-refractivity contribution is 5.79. The Morgan fingerprint density at radius 3 is 2.56 bits per heavy atom. The first-order chi connectivity index (χ1) is 13.2. The van der Waals surface area contributed by atoms with Crippen molar-refractivity contribution in [2.24, 2.45) is 10.9 Å². The van der Waals surface area contributed by atoms with E-state index in [9.17, 15) is 5.11 Å². The van der Waals surface area contributed by atoms with Crippen LogP contribution in [0.5, 0.6) is 0 Å². The second-order valence-corrected chi connectivity index (χ2v) is 6.92. The molecule has 27 heavy (non-hydrogen) atoms. The smallest absolute Gasteiger partial charge is 0.191 e. The van der Waals surface area contributed by atoms with Crippen LogP contribution in [0.1, 0.15) is 45.5 Å². The Balaban J connectivity index is 1.99. The van der Waals surface area contributed by atoms with Crippen LogP contribution in [0.25, 0.3) is 0 Å².